The third-order valence-electron chi connectivity index (χ3n) is 2.95. The van der Waals surface area contributed by atoms with Crippen molar-refractivity contribution >= 4 is 5.69 Å². The van der Waals surface area contributed by atoms with Gasteiger partial charge in [-0.05, 0) is 37.9 Å². The number of aromatic amines is 1. The molecular weight excluding hydrogens is 174 g/mol. The van der Waals surface area contributed by atoms with Crippen molar-refractivity contribution in [3.8, 4) is 0 Å². The van der Waals surface area contributed by atoms with Gasteiger partial charge in [0.1, 0.15) is 0 Å². The van der Waals surface area contributed by atoms with Crippen molar-refractivity contribution in [2.75, 3.05) is 31.6 Å². The second-order valence-corrected chi connectivity index (χ2v) is 4.16. The van der Waals surface area contributed by atoms with Crippen molar-refractivity contribution in [1.29, 1.82) is 0 Å². The molecule has 0 bridgehead atoms. The molecule has 1 aliphatic rings. The van der Waals surface area contributed by atoms with E-state index in [1.807, 2.05) is 6.20 Å². The fourth-order valence-electron chi connectivity index (χ4n) is 2.13. The Bertz CT molecular complexity index is 250. The molecular formula is C11H19N3. The van der Waals surface area contributed by atoms with Gasteiger partial charge in [-0.3, -0.25) is 0 Å². The molecule has 1 aromatic rings. The number of hydrogen-bond acceptors (Lipinski definition) is 2. The van der Waals surface area contributed by atoms with Gasteiger partial charge in [0.15, 0.2) is 0 Å². The van der Waals surface area contributed by atoms with E-state index in [9.17, 15) is 0 Å². The van der Waals surface area contributed by atoms with E-state index in [1.54, 1.807) is 0 Å². The second kappa shape index (κ2) is 4.51. The van der Waals surface area contributed by atoms with Crippen molar-refractivity contribution in [1.82, 2.24) is 10.3 Å². The molecule has 3 nitrogen and oxygen atoms in total. The summed E-state index contributed by atoms with van der Waals surface area (Å²) in [5.74, 6) is 0.809. The van der Waals surface area contributed by atoms with Crippen LogP contribution in [0.4, 0.5) is 5.69 Å². The van der Waals surface area contributed by atoms with Gasteiger partial charge >= 0.3 is 0 Å². The topological polar surface area (TPSA) is 31.1 Å². The lowest BCUT2D eigenvalue weighted by molar-refractivity contribution is 0.381. The number of nitrogens with zero attached hydrogens (tertiary/aromatic N) is 1. The molecule has 3 heteroatoms. The van der Waals surface area contributed by atoms with Gasteiger partial charge in [0.2, 0.25) is 0 Å². The number of rotatable bonds is 3. The van der Waals surface area contributed by atoms with Gasteiger partial charge in [-0.15, -0.1) is 0 Å². The standard InChI is InChI=1S/C11H19N3/c1-14(11-4-6-13-8-11)9-10-3-2-5-12-7-10/h4,6,8,10,12-13H,2-3,5,7,9H2,1H3. The van der Waals surface area contributed by atoms with Crippen LogP contribution < -0.4 is 10.2 Å². The number of piperidine rings is 1. The smallest absolute Gasteiger partial charge is 0.0541 e. The van der Waals surface area contributed by atoms with Crippen LogP contribution in [-0.4, -0.2) is 31.7 Å². The number of hydrogen-bond donors (Lipinski definition) is 2. The third kappa shape index (κ3) is 2.29. The second-order valence-electron chi connectivity index (χ2n) is 4.16. The van der Waals surface area contributed by atoms with E-state index in [-0.39, 0.29) is 0 Å². The van der Waals surface area contributed by atoms with Crippen LogP contribution in [0.15, 0.2) is 18.5 Å². The van der Waals surface area contributed by atoms with Gasteiger partial charge in [-0.1, -0.05) is 0 Å². The van der Waals surface area contributed by atoms with Gasteiger partial charge < -0.3 is 15.2 Å². The zero-order chi connectivity index (χ0) is 9.80. The molecule has 1 aliphatic heterocycles. The molecule has 78 valence electrons. The maximum absolute atomic E-state index is 3.45. The lowest BCUT2D eigenvalue weighted by Crippen LogP contribution is -2.36. The molecule has 2 rings (SSSR count). The Balaban J connectivity index is 1.84. The number of aromatic nitrogens is 1. The molecule has 0 aliphatic carbocycles. The minimum Gasteiger partial charge on any atom is -0.373 e. The van der Waals surface area contributed by atoms with E-state index < -0.39 is 0 Å². The minimum atomic E-state index is 0.809. The van der Waals surface area contributed by atoms with E-state index in [0.717, 1.165) is 12.5 Å². The van der Waals surface area contributed by atoms with Crippen molar-refractivity contribution in [3.63, 3.8) is 0 Å². The van der Waals surface area contributed by atoms with Crippen LogP contribution >= 0.6 is 0 Å². The fourth-order valence-corrected chi connectivity index (χ4v) is 2.13. The summed E-state index contributed by atoms with van der Waals surface area (Å²) in [6.07, 6.45) is 6.72. The van der Waals surface area contributed by atoms with Gasteiger partial charge in [0, 0.05) is 26.0 Å². The van der Waals surface area contributed by atoms with Gasteiger partial charge in [0.25, 0.3) is 0 Å². The monoisotopic (exact) mass is 193 g/mol. The number of anilines is 1. The molecule has 0 amide bonds. The van der Waals surface area contributed by atoms with E-state index in [0.29, 0.717) is 0 Å². The first kappa shape index (κ1) is 9.59. The van der Waals surface area contributed by atoms with Crippen LogP contribution in [0.1, 0.15) is 12.8 Å². The largest absolute Gasteiger partial charge is 0.373 e. The van der Waals surface area contributed by atoms with Crippen LogP contribution in [0.3, 0.4) is 0 Å². The summed E-state index contributed by atoms with van der Waals surface area (Å²) >= 11 is 0. The van der Waals surface area contributed by atoms with E-state index in [2.05, 4.69) is 34.5 Å². The molecule has 0 radical (unpaired) electrons. The van der Waals surface area contributed by atoms with Crippen LogP contribution in [0.5, 0.6) is 0 Å². The Labute approximate surface area is 85.5 Å². The highest BCUT2D eigenvalue weighted by Crippen LogP contribution is 2.16. The van der Waals surface area contributed by atoms with Crippen molar-refractivity contribution < 1.29 is 0 Å². The van der Waals surface area contributed by atoms with E-state index >= 15 is 0 Å². The lowest BCUT2D eigenvalue weighted by atomic mass is 9.99. The van der Waals surface area contributed by atoms with Crippen LogP contribution in [0, 0.1) is 5.92 Å². The summed E-state index contributed by atoms with van der Waals surface area (Å²) < 4.78 is 0. The van der Waals surface area contributed by atoms with Crippen LogP contribution in [-0.2, 0) is 0 Å². The predicted molar refractivity (Wildman–Crippen MR) is 59.7 cm³/mol. The Kier molecular flexibility index (Phi) is 3.09. The normalized spacial score (nSPS) is 22.2. The predicted octanol–water partition coefficient (Wildman–Crippen LogP) is 1.45. The summed E-state index contributed by atoms with van der Waals surface area (Å²) in [6.45, 7) is 3.53. The maximum atomic E-state index is 3.45. The summed E-state index contributed by atoms with van der Waals surface area (Å²) in [5.41, 5.74) is 1.29. The average Bonchev–Trinajstić information content (AvgIpc) is 2.72. The Morgan fingerprint density at radius 2 is 2.50 bits per heavy atom. The molecule has 0 aromatic carbocycles. The number of H-pyrrole nitrogens is 1. The Morgan fingerprint density at radius 3 is 3.14 bits per heavy atom. The third-order valence-corrected chi connectivity index (χ3v) is 2.95. The highest BCUT2D eigenvalue weighted by Gasteiger charge is 2.15. The molecule has 0 saturated carbocycles. The summed E-state index contributed by atoms with van der Waals surface area (Å²) in [5, 5.41) is 3.45. The zero-order valence-corrected chi connectivity index (χ0v) is 8.79. The first-order valence-corrected chi connectivity index (χ1v) is 5.41. The highest BCUT2D eigenvalue weighted by atomic mass is 15.1. The van der Waals surface area contributed by atoms with E-state index in [1.165, 1.54) is 31.6 Å². The van der Waals surface area contributed by atoms with Crippen LogP contribution in [0.25, 0.3) is 0 Å². The average molecular weight is 193 g/mol. The minimum absolute atomic E-state index is 0.809. The van der Waals surface area contributed by atoms with Crippen LogP contribution in [0.2, 0.25) is 0 Å². The van der Waals surface area contributed by atoms with Gasteiger partial charge in [-0.2, -0.15) is 0 Å². The molecule has 1 saturated heterocycles. The quantitative estimate of drug-likeness (QED) is 0.761. The van der Waals surface area contributed by atoms with Crippen molar-refractivity contribution in [3.05, 3.63) is 18.5 Å². The van der Waals surface area contributed by atoms with Crippen molar-refractivity contribution in [2.24, 2.45) is 5.92 Å². The molecule has 1 fully saturated rings. The first-order valence-electron chi connectivity index (χ1n) is 5.41. The van der Waals surface area contributed by atoms with Crippen molar-refractivity contribution in [2.45, 2.75) is 12.8 Å². The highest BCUT2D eigenvalue weighted by molar-refractivity contribution is 5.43. The molecule has 0 spiro atoms. The summed E-state index contributed by atoms with van der Waals surface area (Å²) in [4.78, 5) is 5.42. The molecule has 1 atom stereocenters. The van der Waals surface area contributed by atoms with E-state index in [4.69, 9.17) is 0 Å². The molecule has 14 heavy (non-hydrogen) atoms. The SMILES string of the molecule is CN(CC1CCCNC1)c1cc[nH]c1. The van der Waals surface area contributed by atoms with Gasteiger partial charge in [0.05, 0.1) is 5.69 Å². The zero-order valence-electron chi connectivity index (χ0n) is 8.79. The molecule has 2 N–H and O–H groups in total. The fraction of sp³-hybridized carbons (Fsp3) is 0.636. The lowest BCUT2D eigenvalue weighted by Gasteiger charge is -2.28. The maximum Gasteiger partial charge on any atom is 0.0541 e. The molecule has 2 heterocycles. The molecule has 1 unspecified atom stereocenters. The first-order chi connectivity index (χ1) is 6.86. The van der Waals surface area contributed by atoms with Gasteiger partial charge in [-0.25, -0.2) is 0 Å². The molecule has 1 aromatic heterocycles. The Hall–Kier alpha value is -0.960. The Morgan fingerprint density at radius 1 is 1.57 bits per heavy atom. The summed E-state index contributed by atoms with van der Waals surface area (Å²) in [6, 6.07) is 2.12. The number of nitrogens with one attached hydrogen (secondary N) is 2. The summed E-state index contributed by atoms with van der Waals surface area (Å²) in [7, 11) is 2.16.